The summed E-state index contributed by atoms with van der Waals surface area (Å²) in [6.07, 6.45) is 0. The lowest BCUT2D eigenvalue weighted by Crippen LogP contribution is -2.26. The number of hydroxylamine groups is 1. The van der Waals surface area contributed by atoms with Gasteiger partial charge in [-0.05, 0) is 37.3 Å². The van der Waals surface area contributed by atoms with E-state index in [1.54, 1.807) is 13.0 Å². The van der Waals surface area contributed by atoms with Crippen LogP contribution in [0.25, 0.3) is 10.9 Å². The van der Waals surface area contributed by atoms with Crippen LogP contribution in [0.4, 0.5) is 4.39 Å². The van der Waals surface area contributed by atoms with E-state index in [0.29, 0.717) is 28.8 Å². The Hall–Kier alpha value is -2.86. The molecule has 0 fully saturated rings. The number of amides is 1. The number of nitrogens with one attached hydrogen (secondary N) is 2. The fourth-order valence-electron chi connectivity index (χ4n) is 2.48. The molecule has 0 unspecified atom stereocenters. The van der Waals surface area contributed by atoms with Crippen molar-refractivity contribution in [1.29, 1.82) is 0 Å². The van der Waals surface area contributed by atoms with Crippen LogP contribution in [-0.4, -0.2) is 24.1 Å². The molecule has 5 nitrogen and oxygen atoms in total. The molecule has 0 radical (unpaired) electrons. The molecule has 0 aliphatic heterocycles. The van der Waals surface area contributed by atoms with Crippen molar-refractivity contribution in [3.63, 3.8) is 0 Å². The maximum Gasteiger partial charge on any atom is 0.277 e. The minimum absolute atomic E-state index is 0.191. The summed E-state index contributed by atoms with van der Waals surface area (Å²) >= 11 is 0. The number of hydrogen-bond donors (Lipinski definition) is 2. The third kappa shape index (κ3) is 3.55. The van der Waals surface area contributed by atoms with Crippen molar-refractivity contribution < 1.29 is 18.8 Å². The fourth-order valence-corrected chi connectivity index (χ4v) is 2.48. The first-order valence-electron chi connectivity index (χ1n) is 7.53. The molecule has 1 aromatic heterocycles. The molecule has 3 aromatic rings. The summed E-state index contributed by atoms with van der Waals surface area (Å²) in [5.74, 6) is -0.0906. The molecule has 1 heterocycles. The van der Waals surface area contributed by atoms with E-state index >= 15 is 0 Å². The van der Waals surface area contributed by atoms with Crippen molar-refractivity contribution in [2.75, 3.05) is 13.2 Å². The molecule has 24 heavy (non-hydrogen) atoms. The van der Waals surface area contributed by atoms with Crippen LogP contribution in [-0.2, 0) is 4.84 Å². The molecular weight excluding hydrogens is 311 g/mol. The Bertz CT molecular complexity index is 846. The number of fused-ring (bicyclic) bond motifs is 1. The largest absolute Gasteiger partial charge is 0.491 e. The van der Waals surface area contributed by atoms with Crippen LogP contribution in [0, 0.1) is 12.7 Å². The Morgan fingerprint density at radius 3 is 2.75 bits per heavy atom. The lowest BCUT2D eigenvalue weighted by Gasteiger charge is -2.08. The molecule has 0 saturated carbocycles. The Balaban J connectivity index is 1.56. The number of aromatic amines is 1. The molecule has 6 heteroatoms. The normalized spacial score (nSPS) is 10.8. The van der Waals surface area contributed by atoms with Gasteiger partial charge < -0.3 is 9.72 Å². The van der Waals surface area contributed by atoms with Gasteiger partial charge in [0, 0.05) is 16.6 Å². The number of benzene rings is 2. The summed E-state index contributed by atoms with van der Waals surface area (Å²) in [4.78, 5) is 20.5. The summed E-state index contributed by atoms with van der Waals surface area (Å²) in [5.41, 5.74) is 4.08. The van der Waals surface area contributed by atoms with Gasteiger partial charge in [0.05, 0.1) is 5.56 Å². The molecule has 124 valence electrons. The predicted octanol–water partition coefficient (Wildman–Crippen LogP) is 3.36. The molecule has 2 aromatic carbocycles. The van der Waals surface area contributed by atoms with Gasteiger partial charge >= 0.3 is 0 Å². The first-order valence-corrected chi connectivity index (χ1v) is 7.53. The quantitative estimate of drug-likeness (QED) is 0.539. The van der Waals surface area contributed by atoms with E-state index in [0.717, 1.165) is 5.75 Å². The van der Waals surface area contributed by atoms with Crippen molar-refractivity contribution in [3.8, 4) is 5.75 Å². The van der Waals surface area contributed by atoms with Crippen LogP contribution >= 0.6 is 0 Å². The van der Waals surface area contributed by atoms with E-state index in [1.165, 1.54) is 12.1 Å². The third-order valence-electron chi connectivity index (χ3n) is 3.54. The van der Waals surface area contributed by atoms with Gasteiger partial charge in [0.1, 0.15) is 24.8 Å². The summed E-state index contributed by atoms with van der Waals surface area (Å²) in [5, 5.41) is 0.522. The zero-order valence-electron chi connectivity index (χ0n) is 13.1. The number of rotatable bonds is 6. The topological polar surface area (TPSA) is 63.4 Å². The van der Waals surface area contributed by atoms with Crippen molar-refractivity contribution in [2.24, 2.45) is 0 Å². The smallest absolute Gasteiger partial charge is 0.277 e. The third-order valence-corrected chi connectivity index (χ3v) is 3.54. The summed E-state index contributed by atoms with van der Waals surface area (Å²) in [7, 11) is 0. The van der Waals surface area contributed by atoms with E-state index < -0.39 is 11.7 Å². The molecule has 0 aliphatic carbocycles. The first kappa shape index (κ1) is 16.0. The Morgan fingerprint density at radius 2 is 1.96 bits per heavy atom. The van der Waals surface area contributed by atoms with Crippen LogP contribution in [0.1, 0.15) is 16.1 Å². The fraction of sp³-hybridized carbons (Fsp3) is 0.167. The molecule has 1 amide bonds. The number of para-hydroxylation sites is 1. The van der Waals surface area contributed by atoms with Crippen LogP contribution in [0.3, 0.4) is 0 Å². The minimum Gasteiger partial charge on any atom is -0.491 e. The Morgan fingerprint density at radius 1 is 1.17 bits per heavy atom. The van der Waals surface area contributed by atoms with E-state index in [-0.39, 0.29) is 6.61 Å². The highest BCUT2D eigenvalue weighted by atomic mass is 19.1. The first-order chi connectivity index (χ1) is 11.6. The molecule has 3 rings (SSSR count). The second-order valence-corrected chi connectivity index (χ2v) is 5.26. The van der Waals surface area contributed by atoms with Crippen LogP contribution < -0.4 is 10.2 Å². The van der Waals surface area contributed by atoms with Crippen molar-refractivity contribution in [3.05, 3.63) is 65.6 Å². The number of H-pyrrole nitrogens is 1. The SMILES string of the molecule is Cc1[nH]c2ccc(F)cc2c1C(=O)NOCCOc1ccccc1. The van der Waals surface area contributed by atoms with E-state index in [4.69, 9.17) is 9.57 Å². The highest BCUT2D eigenvalue weighted by Gasteiger charge is 2.16. The molecule has 0 spiro atoms. The number of ether oxygens (including phenoxy) is 1. The zero-order chi connectivity index (χ0) is 16.9. The van der Waals surface area contributed by atoms with Crippen LogP contribution in [0.5, 0.6) is 5.75 Å². The number of aryl methyl sites for hydroxylation is 1. The average molecular weight is 328 g/mol. The predicted molar refractivity (Wildman–Crippen MR) is 88.3 cm³/mol. The summed E-state index contributed by atoms with van der Waals surface area (Å²) in [6.45, 7) is 2.24. The number of carbonyl (C=O) groups is 1. The highest BCUT2D eigenvalue weighted by molar-refractivity contribution is 6.07. The van der Waals surface area contributed by atoms with Gasteiger partial charge in [-0.3, -0.25) is 9.63 Å². The zero-order valence-corrected chi connectivity index (χ0v) is 13.1. The van der Waals surface area contributed by atoms with E-state index in [9.17, 15) is 9.18 Å². The second kappa shape index (κ2) is 7.14. The second-order valence-electron chi connectivity index (χ2n) is 5.26. The molecule has 2 N–H and O–H groups in total. The molecule has 0 saturated heterocycles. The van der Waals surface area contributed by atoms with Gasteiger partial charge in [0.2, 0.25) is 0 Å². The summed E-state index contributed by atoms with van der Waals surface area (Å²) < 4.78 is 18.9. The van der Waals surface area contributed by atoms with Gasteiger partial charge in [-0.25, -0.2) is 9.87 Å². The maximum absolute atomic E-state index is 13.4. The van der Waals surface area contributed by atoms with E-state index in [2.05, 4.69) is 10.5 Å². The average Bonchev–Trinajstić information content (AvgIpc) is 2.90. The molecule has 0 aliphatic rings. The molecule has 0 atom stereocenters. The van der Waals surface area contributed by atoms with Gasteiger partial charge in [-0.1, -0.05) is 18.2 Å². The Labute approximate surface area is 138 Å². The lowest BCUT2D eigenvalue weighted by atomic mass is 10.1. The van der Waals surface area contributed by atoms with Crippen molar-refractivity contribution >= 4 is 16.8 Å². The standard InChI is InChI=1S/C18H17FN2O3/c1-12-17(15-11-13(19)7-8-16(15)20-12)18(22)21-24-10-9-23-14-5-3-2-4-6-14/h2-8,11,20H,9-10H2,1H3,(H,21,22). The van der Waals surface area contributed by atoms with Crippen LogP contribution in [0.2, 0.25) is 0 Å². The molecule has 0 bridgehead atoms. The van der Waals surface area contributed by atoms with Crippen molar-refractivity contribution in [2.45, 2.75) is 6.92 Å². The van der Waals surface area contributed by atoms with Crippen molar-refractivity contribution in [1.82, 2.24) is 10.5 Å². The van der Waals surface area contributed by atoms with Gasteiger partial charge in [-0.15, -0.1) is 0 Å². The number of hydrogen-bond acceptors (Lipinski definition) is 3. The van der Waals surface area contributed by atoms with Gasteiger partial charge in [0.15, 0.2) is 0 Å². The number of halogens is 1. The highest BCUT2D eigenvalue weighted by Crippen LogP contribution is 2.22. The summed E-state index contributed by atoms with van der Waals surface area (Å²) in [6, 6.07) is 13.6. The van der Waals surface area contributed by atoms with E-state index in [1.807, 2.05) is 30.3 Å². The number of carbonyl (C=O) groups excluding carboxylic acids is 1. The lowest BCUT2D eigenvalue weighted by molar-refractivity contribution is 0.0201. The molecular formula is C18H17FN2O3. The number of aromatic nitrogens is 1. The minimum atomic E-state index is -0.427. The van der Waals surface area contributed by atoms with Gasteiger partial charge in [-0.2, -0.15) is 0 Å². The maximum atomic E-state index is 13.4. The van der Waals surface area contributed by atoms with Gasteiger partial charge in [0.25, 0.3) is 5.91 Å². The monoisotopic (exact) mass is 328 g/mol. The Kier molecular flexibility index (Phi) is 4.77. The van der Waals surface area contributed by atoms with Crippen LogP contribution in [0.15, 0.2) is 48.5 Å².